The van der Waals surface area contributed by atoms with Crippen molar-refractivity contribution >= 4 is 5.97 Å². The molecule has 0 unspecified atom stereocenters. The van der Waals surface area contributed by atoms with Crippen molar-refractivity contribution in [1.29, 1.82) is 0 Å². The third kappa shape index (κ3) is 2.29. The highest BCUT2D eigenvalue weighted by Crippen LogP contribution is 2.70. The fraction of sp³-hybridized carbons (Fsp3) is 0.952. The number of carbonyl (C=O) groups excluding carboxylic acids is 1. The van der Waals surface area contributed by atoms with Gasteiger partial charge in [-0.15, -0.1) is 0 Å². The van der Waals surface area contributed by atoms with Gasteiger partial charge in [-0.3, -0.25) is 4.79 Å². The number of piperazine rings is 1. The molecule has 0 aromatic heterocycles. The van der Waals surface area contributed by atoms with E-state index in [-0.39, 0.29) is 35.1 Å². The van der Waals surface area contributed by atoms with Crippen molar-refractivity contribution in [3.05, 3.63) is 0 Å². The number of epoxide rings is 1. The summed E-state index contributed by atoms with van der Waals surface area (Å²) in [5.74, 6) is 1.05. The molecule has 7 atom stereocenters. The van der Waals surface area contributed by atoms with Crippen molar-refractivity contribution in [2.75, 3.05) is 39.3 Å². The molecule has 146 valence electrons. The maximum Gasteiger partial charge on any atom is 0.315 e. The molecule has 2 N–H and O–H groups in total. The van der Waals surface area contributed by atoms with Crippen LogP contribution in [0.1, 0.15) is 46.5 Å². The third-order valence-corrected chi connectivity index (χ3v) is 8.87. The largest absolute Gasteiger partial charge is 0.462 e. The SMILES string of the molecule is CC[NH+]1CC[NH+](C[C@H]2C(=O)O[C@@H]3C[C@@]4(C)CCC[C@H](C)[C@]45O[C@@H]5[C@@H]32)CC1. The number of hydrogen-bond acceptors (Lipinski definition) is 3. The molecule has 5 heteroatoms. The van der Waals surface area contributed by atoms with E-state index in [2.05, 4.69) is 20.8 Å². The Morgan fingerprint density at radius 3 is 2.65 bits per heavy atom. The van der Waals surface area contributed by atoms with Gasteiger partial charge in [-0.25, -0.2) is 0 Å². The average molecular weight is 365 g/mol. The van der Waals surface area contributed by atoms with Crippen LogP contribution < -0.4 is 9.80 Å². The minimum atomic E-state index is 0.0407. The first-order valence-corrected chi connectivity index (χ1v) is 11.0. The Morgan fingerprint density at radius 2 is 1.92 bits per heavy atom. The molecule has 3 aliphatic heterocycles. The number of esters is 1. The Kier molecular flexibility index (Phi) is 3.97. The van der Waals surface area contributed by atoms with Crippen LogP contribution in [0.25, 0.3) is 0 Å². The fourth-order valence-electron chi connectivity index (χ4n) is 7.29. The normalized spacial score (nSPS) is 55.5. The predicted molar refractivity (Wildman–Crippen MR) is 97.0 cm³/mol. The van der Waals surface area contributed by atoms with E-state index in [1.807, 2.05) is 0 Å². The van der Waals surface area contributed by atoms with Crippen LogP contribution in [-0.2, 0) is 14.3 Å². The lowest BCUT2D eigenvalue weighted by Crippen LogP contribution is -3.28. The second kappa shape index (κ2) is 5.92. The molecule has 3 heterocycles. The lowest BCUT2D eigenvalue weighted by molar-refractivity contribution is -1.01. The summed E-state index contributed by atoms with van der Waals surface area (Å²) in [4.78, 5) is 16.1. The van der Waals surface area contributed by atoms with E-state index < -0.39 is 0 Å². The molecule has 2 saturated carbocycles. The second-order valence-electron chi connectivity index (χ2n) is 10.1. The van der Waals surface area contributed by atoms with Crippen LogP contribution in [0.5, 0.6) is 0 Å². The molecule has 0 radical (unpaired) electrons. The molecule has 3 saturated heterocycles. The number of nitrogens with one attached hydrogen (secondary N) is 2. The van der Waals surface area contributed by atoms with Crippen LogP contribution in [0, 0.1) is 23.2 Å². The lowest BCUT2D eigenvalue weighted by atomic mass is 9.53. The van der Waals surface area contributed by atoms with E-state index >= 15 is 0 Å². The van der Waals surface area contributed by atoms with Gasteiger partial charge in [-0.05, 0) is 32.1 Å². The summed E-state index contributed by atoms with van der Waals surface area (Å²) in [5, 5.41) is 0. The molecule has 0 aromatic rings. The van der Waals surface area contributed by atoms with Gasteiger partial charge in [0.25, 0.3) is 0 Å². The van der Waals surface area contributed by atoms with Gasteiger partial charge in [0, 0.05) is 11.3 Å². The zero-order valence-electron chi connectivity index (χ0n) is 16.7. The second-order valence-corrected chi connectivity index (χ2v) is 10.1. The summed E-state index contributed by atoms with van der Waals surface area (Å²) in [6.07, 6.45) is 5.18. The highest BCUT2D eigenvalue weighted by molar-refractivity contribution is 5.76. The van der Waals surface area contributed by atoms with Crippen molar-refractivity contribution in [1.82, 2.24) is 0 Å². The molecule has 0 aromatic carbocycles. The van der Waals surface area contributed by atoms with Crippen LogP contribution in [-0.4, -0.2) is 63.0 Å². The predicted octanol–water partition coefficient (Wildman–Crippen LogP) is -0.685. The molecule has 0 amide bonds. The van der Waals surface area contributed by atoms with E-state index in [0.717, 1.165) is 13.0 Å². The van der Waals surface area contributed by atoms with Gasteiger partial charge in [0.1, 0.15) is 43.8 Å². The van der Waals surface area contributed by atoms with Crippen LogP contribution in [0.3, 0.4) is 0 Å². The van der Waals surface area contributed by atoms with Crippen molar-refractivity contribution in [3.8, 4) is 0 Å². The van der Waals surface area contributed by atoms with Gasteiger partial charge >= 0.3 is 5.97 Å². The molecule has 5 rings (SSSR count). The minimum absolute atomic E-state index is 0.0407. The number of hydrogen-bond donors (Lipinski definition) is 2. The molecule has 5 fully saturated rings. The summed E-state index contributed by atoms with van der Waals surface area (Å²) in [6, 6.07) is 0. The van der Waals surface area contributed by atoms with E-state index in [9.17, 15) is 4.79 Å². The Bertz CT molecular complexity index is 590. The number of ether oxygens (including phenoxy) is 2. The van der Waals surface area contributed by atoms with E-state index in [4.69, 9.17) is 9.47 Å². The zero-order chi connectivity index (χ0) is 18.1. The third-order valence-electron chi connectivity index (χ3n) is 8.87. The van der Waals surface area contributed by atoms with Crippen LogP contribution in [0.15, 0.2) is 0 Å². The molecule has 0 bridgehead atoms. The fourth-order valence-corrected chi connectivity index (χ4v) is 7.29. The first-order valence-electron chi connectivity index (χ1n) is 11.0. The van der Waals surface area contributed by atoms with Crippen molar-refractivity contribution in [2.45, 2.75) is 64.3 Å². The number of fused-ring (bicyclic) bond motifs is 2. The minimum Gasteiger partial charge on any atom is -0.462 e. The summed E-state index contributed by atoms with van der Waals surface area (Å²) < 4.78 is 12.5. The highest BCUT2D eigenvalue weighted by Gasteiger charge is 2.78. The van der Waals surface area contributed by atoms with Gasteiger partial charge < -0.3 is 19.3 Å². The Morgan fingerprint density at radius 1 is 1.19 bits per heavy atom. The Balaban J connectivity index is 1.34. The molecular weight excluding hydrogens is 328 g/mol. The average Bonchev–Trinajstić information content (AvgIpc) is 3.31. The van der Waals surface area contributed by atoms with Crippen LogP contribution >= 0.6 is 0 Å². The van der Waals surface area contributed by atoms with Crippen LogP contribution in [0.2, 0.25) is 0 Å². The van der Waals surface area contributed by atoms with Crippen molar-refractivity contribution < 1.29 is 24.1 Å². The molecule has 5 nitrogen and oxygen atoms in total. The number of carbonyl (C=O) groups is 1. The highest BCUT2D eigenvalue weighted by atomic mass is 16.6. The number of quaternary nitrogens is 2. The van der Waals surface area contributed by atoms with Crippen molar-refractivity contribution in [2.24, 2.45) is 23.2 Å². The van der Waals surface area contributed by atoms with Crippen LogP contribution in [0.4, 0.5) is 0 Å². The van der Waals surface area contributed by atoms with E-state index in [0.29, 0.717) is 11.8 Å². The molecule has 1 spiro atoms. The van der Waals surface area contributed by atoms with Gasteiger partial charge in [-0.1, -0.05) is 20.3 Å². The number of likely N-dealkylation sites (N-methyl/N-ethyl adjacent to an activating group) is 1. The van der Waals surface area contributed by atoms with Gasteiger partial charge in [0.2, 0.25) is 0 Å². The Hall–Kier alpha value is -0.650. The van der Waals surface area contributed by atoms with Gasteiger partial charge in [-0.2, -0.15) is 0 Å². The molecular formula is C21H36N2O3+2. The molecule has 5 aliphatic rings. The monoisotopic (exact) mass is 364 g/mol. The quantitative estimate of drug-likeness (QED) is 0.515. The molecule has 2 aliphatic carbocycles. The number of rotatable bonds is 3. The van der Waals surface area contributed by atoms with Gasteiger partial charge in [0.05, 0.1) is 19.2 Å². The van der Waals surface area contributed by atoms with E-state index in [1.54, 1.807) is 9.80 Å². The maximum absolute atomic E-state index is 12.8. The summed E-state index contributed by atoms with van der Waals surface area (Å²) in [6.45, 7) is 14.1. The topological polar surface area (TPSA) is 47.7 Å². The van der Waals surface area contributed by atoms with Crippen molar-refractivity contribution in [3.63, 3.8) is 0 Å². The summed E-state index contributed by atoms with van der Waals surface area (Å²) in [5.41, 5.74) is 0.244. The standard InChI is InChI=1S/C21H34N2O3/c1-4-22-8-10-23(11-9-22)13-15-17-16(25-19(15)24)12-20(3)7-5-6-14(2)21(20)18(17)26-21/h14-18H,4-13H2,1-3H3/p+2/t14-,15+,16+,17+,18+,20+,21+/m0/s1. The smallest absolute Gasteiger partial charge is 0.315 e. The first-order chi connectivity index (χ1) is 12.5. The zero-order valence-corrected chi connectivity index (χ0v) is 16.7. The van der Waals surface area contributed by atoms with E-state index in [1.165, 1.54) is 52.0 Å². The summed E-state index contributed by atoms with van der Waals surface area (Å²) in [7, 11) is 0. The van der Waals surface area contributed by atoms with Gasteiger partial charge in [0.15, 0.2) is 0 Å². The maximum atomic E-state index is 12.8. The lowest BCUT2D eigenvalue weighted by Gasteiger charge is -2.48. The Labute approximate surface area is 157 Å². The first kappa shape index (κ1) is 17.4. The molecule has 26 heavy (non-hydrogen) atoms. The summed E-state index contributed by atoms with van der Waals surface area (Å²) >= 11 is 0.